The molecule has 0 spiro atoms. The molecule has 0 aliphatic rings. The number of nitrogens with one attached hydrogen (secondary N) is 1. The number of nitriles is 1. The maximum atomic E-state index is 8.63. The Hall–Kier alpha value is -0.850. The van der Waals surface area contributed by atoms with E-state index in [4.69, 9.17) is 5.26 Å². The Labute approximate surface area is 89.6 Å². The second-order valence-electron chi connectivity index (χ2n) is 3.61. The summed E-state index contributed by atoms with van der Waals surface area (Å²) in [7, 11) is 0. The zero-order valence-corrected chi connectivity index (χ0v) is 9.69. The first-order chi connectivity index (χ1) is 6.63. The highest BCUT2D eigenvalue weighted by Crippen LogP contribution is 2.22. The van der Waals surface area contributed by atoms with Crippen LogP contribution in [0.4, 0.5) is 0 Å². The van der Waals surface area contributed by atoms with Gasteiger partial charge >= 0.3 is 0 Å². The van der Waals surface area contributed by atoms with Crippen LogP contribution in [0, 0.1) is 24.2 Å². The molecule has 2 unspecified atom stereocenters. The SMILES string of the molecule is Cc1ccc(C(C)NCC(C)C#N)s1. The summed E-state index contributed by atoms with van der Waals surface area (Å²) in [6.07, 6.45) is 0. The van der Waals surface area contributed by atoms with Crippen molar-refractivity contribution in [3.8, 4) is 6.07 Å². The van der Waals surface area contributed by atoms with Gasteiger partial charge in [0.2, 0.25) is 0 Å². The molecule has 3 heteroatoms. The molecule has 2 atom stereocenters. The number of nitrogens with zero attached hydrogens (tertiary/aromatic N) is 1. The van der Waals surface area contributed by atoms with Gasteiger partial charge in [0.05, 0.1) is 12.0 Å². The van der Waals surface area contributed by atoms with Crippen LogP contribution in [0.3, 0.4) is 0 Å². The maximum Gasteiger partial charge on any atom is 0.0666 e. The van der Waals surface area contributed by atoms with E-state index in [1.807, 2.05) is 18.3 Å². The van der Waals surface area contributed by atoms with Gasteiger partial charge in [0, 0.05) is 22.3 Å². The number of hydrogen-bond acceptors (Lipinski definition) is 3. The molecule has 0 radical (unpaired) electrons. The molecular formula is C11H16N2S. The maximum absolute atomic E-state index is 8.63. The van der Waals surface area contributed by atoms with Gasteiger partial charge in [-0.25, -0.2) is 0 Å². The van der Waals surface area contributed by atoms with E-state index in [0.717, 1.165) is 6.54 Å². The molecule has 1 rings (SSSR count). The smallest absolute Gasteiger partial charge is 0.0666 e. The van der Waals surface area contributed by atoms with E-state index in [9.17, 15) is 0 Å². The second kappa shape index (κ2) is 5.14. The molecule has 76 valence electrons. The molecule has 0 aliphatic heterocycles. The fourth-order valence-electron chi connectivity index (χ4n) is 1.19. The van der Waals surface area contributed by atoms with Crippen LogP contribution in [-0.2, 0) is 0 Å². The Morgan fingerprint density at radius 2 is 2.21 bits per heavy atom. The molecule has 0 aromatic carbocycles. The number of thiophene rings is 1. The molecular weight excluding hydrogens is 192 g/mol. The molecule has 1 heterocycles. The molecule has 0 aliphatic carbocycles. The molecule has 1 aromatic rings. The average molecular weight is 208 g/mol. The van der Waals surface area contributed by atoms with Crippen molar-refractivity contribution in [2.45, 2.75) is 26.8 Å². The lowest BCUT2D eigenvalue weighted by molar-refractivity contribution is 0.533. The Balaban J connectivity index is 2.43. The van der Waals surface area contributed by atoms with Crippen LogP contribution in [0.25, 0.3) is 0 Å². The van der Waals surface area contributed by atoms with Crippen LogP contribution in [0.15, 0.2) is 12.1 Å². The van der Waals surface area contributed by atoms with E-state index < -0.39 is 0 Å². The van der Waals surface area contributed by atoms with Crippen molar-refractivity contribution in [3.05, 3.63) is 21.9 Å². The van der Waals surface area contributed by atoms with Crippen LogP contribution < -0.4 is 5.32 Å². The topological polar surface area (TPSA) is 35.8 Å². The predicted octanol–water partition coefficient (Wildman–Crippen LogP) is 2.87. The van der Waals surface area contributed by atoms with E-state index in [-0.39, 0.29) is 5.92 Å². The zero-order valence-electron chi connectivity index (χ0n) is 8.87. The molecule has 0 saturated heterocycles. The molecule has 1 N–H and O–H groups in total. The highest BCUT2D eigenvalue weighted by Gasteiger charge is 2.08. The third-order valence-corrected chi connectivity index (χ3v) is 3.32. The van der Waals surface area contributed by atoms with Crippen molar-refractivity contribution in [1.82, 2.24) is 5.32 Å². The van der Waals surface area contributed by atoms with Crippen LogP contribution in [0.2, 0.25) is 0 Å². The van der Waals surface area contributed by atoms with Crippen LogP contribution in [-0.4, -0.2) is 6.54 Å². The van der Waals surface area contributed by atoms with Gasteiger partial charge in [-0.05, 0) is 32.9 Å². The first-order valence-corrected chi connectivity index (χ1v) is 5.64. The lowest BCUT2D eigenvalue weighted by atomic mass is 10.2. The second-order valence-corrected chi connectivity index (χ2v) is 4.93. The molecule has 14 heavy (non-hydrogen) atoms. The summed E-state index contributed by atoms with van der Waals surface area (Å²) in [4.78, 5) is 2.68. The van der Waals surface area contributed by atoms with Crippen LogP contribution in [0.1, 0.15) is 29.6 Å². The minimum Gasteiger partial charge on any atom is -0.308 e. The van der Waals surface area contributed by atoms with Gasteiger partial charge in [-0.3, -0.25) is 0 Å². The van der Waals surface area contributed by atoms with E-state index in [1.165, 1.54) is 9.75 Å². The Morgan fingerprint density at radius 1 is 1.50 bits per heavy atom. The van der Waals surface area contributed by atoms with Crippen molar-refractivity contribution in [2.24, 2.45) is 5.92 Å². The predicted molar refractivity (Wildman–Crippen MR) is 60.3 cm³/mol. The third kappa shape index (κ3) is 3.13. The summed E-state index contributed by atoms with van der Waals surface area (Å²) in [5, 5.41) is 12.0. The number of hydrogen-bond donors (Lipinski definition) is 1. The summed E-state index contributed by atoms with van der Waals surface area (Å²) in [5.74, 6) is 0.0820. The highest BCUT2D eigenvalue weighted by molar-refractivity contribution is 7.12. The fraction of sp³-hybridized carbons (Fsp3) is 0.545. The van der Waals surface area contributed by atoms with E-state index >= 15 is 0 Å². The zero-order chi connectivity index (χ0) is 10.6. The van der Waals surface area contributed by atoms with Gasteiger partial charge in [0.15, 0.2) is 0 Å². The molecule has 0 amide bonds. The van der Waals surface area contributed by atoms with Gasteiger partial charge in [-0.15, -0.1) is 11.3 Å². The molecule has 1 aromatic heterocycles. The summed E-state index contributed by atoms with van der Waals surface area (Å²) in [6, 6.07) is 6.85. The van der Waals surface area contributed by atoms with Gasteiger partial charge in [0.1, 0.15) is 0 Å². The van der Waals surface area contributed by atoms with E-state index in [2.05, 4.69) is 37.4 Å². The van der Waals surface area contributed by atoms with Crippen LogP contribution in [0.5, 0.6) is 0 Å². The average Bonchev–Trinajstić information content (AvgIpc) is 2.60. The molecule has 0 bridgehead atoms. The third-order valence-electron chi connectivity index (χ3n) is 2.14. The summed E-state index contributed by atoms with van der Waals surface area (Å²) >= 11 is 1.81. The molecule has 2 nitrogen and oxygen atoms in total. The minimum atomic E-state index is 0.0820. The van der Waals surface area contributed by atoms with Crippen molar-refractivity contribution >= 4 is 11.3 Å². The summed E-state index contributed by atoms with van der Waals surface area (Å²) in [5.41, 5.74) is 0. The van der Waals surface area contributed by atoms with Gasteiger partial charge < -0.3 is 5.32 Å². The minimum absolute atomic E-state index is 0.0820. The van der Waals surface area contributed by atoms with Crippen molar-refractivity contribution in [3.63, 3.8) is 0 Å². The fourth-order valence-corrected chi connectivity index (χ4v) is 2.09. The van der Waals surface area contributed by atoms with Crippen molar-refractivity contribution in [2.75, 3.05) is 6.54 Å². The summed E-state index contributed by atoms with van der Waals surface area (Å²) in [6.45, 7) is 6.93. The quantitative estimate of drug-likeness (QED) is 0.826. The first-order valence-electron chi connectivity index (χ1n) is 4.83. The largest absolute Gasteiger partial charge is 0.308 e. The normalized spacial score (nSPS) is 14.7. The Morgan fingerprint density at radius 3 is 2.71 bits per heavy atom. The van der Waals surface area contributed by atoms with Crippen molar-refractivity contribution < 1.29 is 0 Å². The number of aryl methyl sites for hydroxylation is 1. The lowest BCUT2D eigenvalue weighted by Gasteiger charge is -2.12. The Bertz CT molecular complexity index is 324. The molecule has 0 fully saturated rings. The standard InChI is InChI=1S/C11H16N2S/c1-8(6-12)7-13-10(3)11-5-4-9(2)14-11/h4-5,8,10,13H,7H2,1-3H3. The van der Waals surface area contributed by atoms with E-state index in [0.29, 0.717) is 6.04 Å². The molecule has 0 saturated carbocycles. The van der Waals surface area contributed by atoms with Crippen molar-refractivity contribution in [1.29, 1.82) is 5.26 Å². The first kappa shape index (κ1) is 11.2. The van der Waals surface area contributed by atoms with Gasteiger partial charge in [0.25, 0.3) is 0 Å². The van der Waals surface area contributed by atoms with Crippen LogP contribution >= 0.6 is 11.3 Å². The van der Waals surface area contributed by atoms with Gasteiger partial charge in [-0.2, -0.15) is 5.26 Å². The number of rotatable bonds is 4. The lowest BCUT2D eigenvalue weighted by Crippen LogP contribution is -2.23. The summed E-state index contributed by atoms with van der Waals surface area (Å²) < 4.78 is 0. The van der Waals surface area contributed by atoms with E-state index in [1.54, 1.807) is 0 Å². The van der Waals surface area contributed by atoms with Gasteiger partial charge in [-0.1, -0.05) is 0 Å². The Kier molecular flexibility index (Phi) is 4.12. The highest BCUT2D eigenvalue weighted by atomic mass is 32.1. The monoisotopic (exact) mass is 208 g/mol.